The monoisotopic (exact) mass is 293 g/mol. The number of rotatable bonds is 8. The summed E-state index contributed by atoms with van der Waals surface area (Å²) in [4.78, 5) is 12.0. The molecule has 0 spiro atoms. The van der Waals surface area contributed by atoms with E-state index in [0.29, 0.717) is 24.5 Å². The van der Waals surface area contributed by atoms with Crippen molar-refractivity contribution in [2.45, 2.75) is 52.0 Å². The molecule has 0 saturated carbocycles. The Morgan fingerprint density at radius 2 is 2.00 bits per heavy atom. The van der Waals surface area contributed by atoms with Crippen LogP contribution in [0.25, 0.3) is 0 Å². The lowest BCUT2D eigenvalue weighted by Gasteiger charge is -2.30. The predicted octanol–water partition coefficient (Wildman–Crippen LogP) is 2.86. The molecule has 0 unspecified atom stereocenters. The van der Waals surface area contributed by atoms with Gasteiger partial charge in [-0.2, -0.15) is 0 Å². The maximum absolute atomic E-state index is 12.0. The first-order chi connectivity index (χ1) is 9.96. The van der Waals surface area contributed by atoms with Crippen molar-refractivity contribution in [3.8, 4) is 5.75 Å². The number of aliphatic hydroxyl groups is 1. The third kappa shape index (κ3) is 5.05. The van der Waals surface area contributed by atoms with E-state index in [1.54, 1.807) is 0 Å². The average molecular weight is 293 g/mol. The molecule has 1 rings (SSSR count). The second-order valence-electron chi connectivity index (χ2n) is 5.71. The Labute approximate surface area is 127 Å². The first-order valence-electron chi connectivity index (χ1n) is 7.61. The molecule has 1 aromatic rings. The highest BCUT2D eigenvalue weighted by Crippen LogP contribution is 2.20. The topological polar surface area (TPSA) is 58.6 Å². The van der Waals surface area contributed by atoms with Crippen molar-refractivity contribution in [3.63, 3.8) is 0 Å². The quantitative estimate of drug-likeness (QED) is 0.775. The molecule has 0 fully saturated rings. The maximum Gasteiger partial charge on any atom is 0.258 e. The molecule has 0 heterocycles. The first-order valence-corrected chi connectivity index (χ1v) is 7.61. The van der Waals surface area contributed by atoms with Gasteiger partial charge in [-0.15, -0.1) is 0 Å². The van der Waals surface area contributed by atoms with Gasteiger partial charge in [0.2, 0.25) is 0 Å². The lowest BCUT2D eigenvalue weighted by Crippen LogP contribution is -2.51. The number of ether oxygens (including phenoxy) is 1. The lowest BCUT2D eigenvalue weighted by molar-refractivity contribution is -0.125. The number of amides is 1. The van der Waals surface area contributed by atoms with Crippen molar-refractivity contribution in [2.75, 3.05) is 13.2 Å². The highest BCUT2D eigenvalue weighted by molar-refractivity contribution is 5.78. The second kappa shape index (κ2) is 8.03. The van der Waals surface area contributed by atoms with Gasteiger partial charge in [-0.1, -0.05) is 39.8 Å². The third-order valence-electron chi connectivity index (χ3n) is 3.96. The van der Waals surface area contributed by atoms with Gasteiger partial charge in [0.25, 0.3) is 5.91 Å². The van der Waals surface area contributed by atoms with Gasteiger partial charge >= 0.3 is 0 Å². The molecule has 0 aliphatic heterocycles. The summed E-state index contributed by atoms with van der Waals surface area (Å²) < 4.78 is 5.54. The maximum atomic E-state index is 12.0. The van der Waals surface area contributed by atoms with Gasteiger partial charge in [0, 0.05) is 0 Å². The van der Waals surface area contributed by atoms with Gasteiger partial charge in [-0.05, 0) is 36.5 Å². The van der Waals surface area contributed by atoms with E-state index in [0.717, 1.165) is 0 Å². The molecule has 21 heavy (non-hydrogen) atoms. The van der Waals surface area contributed by atoms with Crippen LogP contribution in [0.3, 0.4) is 0 Å². The number of aliphatic hydroxyl groups excluding tert-OH is 1. The molecule has 0 aliphatic carbocycles. The Morgan fingerprint density at radius 3 is 2.52 bits per heavy atom. The van der Waals surface area contributed by atoms with Gasteiger partial charge < -0.3 is 15.2 Å². The Bertz CT molecular complexity index is 445. The summed E-state index contributed by atoms with van der Waals surface area (Å²) in [5, 5.41) is 12.3. The Balaban J connectivity index is 2.59. The molecular weight excluding hydrogens is 266 g/mol. The number of carbonyl (C=O) groups is 1. The van der Waals surface area contributed by atoms with Crippen molar-refractivity contribution < 1.29 is 14.6 Å². The zero-order valence-electron chi connectivity index (χ0n) is 13.5. The second-order valence-corrected chi connectivity index (χ2v) is 5.71. The molecule has 0 saturated heterocycles. The molecule has 1 amide bonds. The summed E-state index contributed by atoms with van der Waals surface area (Å²) in [5.41, 5.74) is 0.639. The summed E-state index contributed by atoms with van der Waals surface area (Å²) in [6.07, 6.45) is 1.38. The van der Waals surface area contributed by atoms with Crippen molar-refractivity contribution in [3.05, 3.63) is 29.8 Å². The minimum atomic E-state index is -0.541. The van der Waals surface area contributed by atoms with E-state index in [1.807, 2.05) is 38.1 Å². The highest BCUT2D eigenvalue weighted by atomic mass is 16.5. The molecule has 0 radical (unpaired) electrons. The molecule has 0 atom stereocenters. The zero-order chi connectivity index (χ0) is 15.9. The molecule has 4 heteroatoms. The van der Waals surface area contributed by atoms with Crippen LogP contribution in [-0.4, -0.2) is 29.8 Å². The zero-order valence-corrected chi connectivity index (χ0v) is 13.5. The Hall–Kier alpha value is -1.55. The normalized spacial score (nSPS) is 11.5. The molecule has 118 valence electrons. The minimum Gasteiger partial charge on any atom is -0.484 e. The van der Waals surface area contributed by atoms with Gasteiger partial charge in [0.1, 0.15) is 5.75 Å². The summed E-state index contributed by atoms with van der Waals surface area (Å²) in [6, 6.07) is 7.77. The fraction of sp³-hybridized carbons (Fsp3) is 0.588. The Morgan fingerprint density at radius 1 is 1.33 bits per heavy atom. The van der Waals surface area contributed by atoms with Crippen LogP contribution < -0.4 is 10.1 Å². The fourth-order valence-corrected chi connectivity index (χ4v) is 2.13. The molecule has 0 aromatic heterocycles. The van der Waals surface area contributed by atoms with Crippen molar-refractivity contribution in [1.29, 1.82) is 0 Å². The molecule has 1 aromatic carbocycles. The first kappa shape index (κ1) is 17.5. The van der Waals surface area contributed by atoms with E-state index in [-0.39, 0.29) is 19.1 Å². The smallest absolute Gasteiger partial charge is 0.258 e. The standard InChI is InChI=1S/C17H27NO3/c1-5-17(6-2,12-19)18-16(20)11-21-15-9-7-8-14(10-15)13(3)4/h7-10,13,19H,5-6,11-12H2,1-4H3,(H,18,20). The Kier molecular flexibility index (Phi) is 6.69. The summed E-state index contributed by atoms with van der Waals surface area (Å²) in [7, 11) is 0. The van der Waals surface area contributed by atoms with Crippen molar-refractivity contribution in [2.24, 2.45) is 0 Å². The lowest BCUT2D eigenvalue weighted by atomic mass is 9.94. The van der Waals surface area contributed by atoms with Gasteiger partial charge in [-0.3, -0.25) is 4.79 Å². The fourth-order valence-electron chi connectivity index (χ4n) is 2.13. The van der Waals surface area contributed by atoms with Crippen LogP contribution in [0, 0.1) is 0 Å². The van der Waals surface area contributed by atoms with Crippen LogP contribution in [-0.2, 0) is 4.79 Å². The number of hydrogen-bond donors (Lipinski definition) is 2. The van der Waals surface area contributed by atoms with E-state index in [2.05, 4.69) is 19.2 Å². The van der Waals surface area contributed by atoms with Crippen LogP contribution >= 0.6 is 0 Å². The van der Waals surface area contributed by atoms with E-state index in [1.165, 1.54) is 5.56 Å². The van der Waals surface area contributed by atoms with Crippen LogP contribution in [0.5, 0.6) is 5.75 Å². The van der Waals surface area contributed by atoms with E-state index in [4.69, 9.17) is 4.74 Å². The number of benzene rings is 1. The summed E-state index contributed by atoms with van der Waals surface area (Å²) in [6.45, 7) is 8.03. The van der Waals surface area contributed by atoms with E-state index in [9.17, 15) is 9.90 Å². The van der Waals surface area contributed by atoms with E-state index >= 15 is 0 Å². The van der Waals surface area contributed by atoms with Crippen LogP contribution in [0.15, 0.2) is 24.3 Å². The molecule has 2 N–H and O–H groups in total. The highest BCUT2D eigenvalue weighted by Gasteiger charge is 2.27. The molecule has 0 bridgehead atoms. The summed E-state index contributed by atoms with van der Waals surface area (Å²) in [5.74, 6) is 0.909. The van der Waals surface area contributed by atoms with Crippen LogP contribution in [0.2, 0.25) is 0 Å². The van der Waals surface area contributed by atoms with Gasteiger partial charge in [0.15, 0.2) is 6.61 Å². The summed E-state index contributed by atoms with van der Waals surface area (Å²) >= 11 is 0. The molecule has 0 aliphatic rings. The number of nitrogens with one attached hydrogen (secondary N) is 1. The molecular formula is C17H27NO3. The largest absolute Gasteiger partial charge is 0.484 e. The number of carbonyl (C=O) groups excluding carboxylic acids is 1. The average Bonchev–Trinajstić information content (AvgIpc) is 2.51. The minimum absolute atomic E-state index is 0.0384. The van der Waals surface area contributed by atoms with E-state index < -0.39 is 5.54 Å². The van der Waals surface area contributed by atoms with Crippen molar-refractivity contribution in [1.82, 2.24) is 5.32 Å². The van der Waals surface area contributed by atoms with Crippen LogP contribution in [0.1, 0.15) is 52.0 Å². The van der Waals surface area contributed by atoms with Gasteiger partial charge in [-0.25, -0.2) is 0 Å². The SMILES string of the molecule is CCC(CC)(CO)NC(=O)COc1cccc(C(C)C)c1. The molecule has 4 nitrogen and oxygen atoms in total. The third-order valence-corrected chi connectivity index (χ3v) is 3.96. The number of hydrogen-bond acceptors (Lipinski definition) is 3. The van der Waals surface area contributed by atoms with Gasteiger partial charge in [0.05, 0.1) is 12.1 Å². The van der Waals surface area contributed by atoms with Crippen LogP contribution in [0.4, 0.5) is 0 Å². The predicted molar refractivity (Wildman–Crippen MR) is 84.6 cm³/mol. The van der Waals surface area contributed by atoms with Crippen molar-refractivity contribution >= 4 is 5.91 Å².